The molecule has 1 aromatic carbocycles. The standard InChI is InChI=1S/C25H40O5Si/c1-23(2,3)31(4,5)29-19-25-14-13-24(30-25,12-9-15-26)16-22(17-25)28-20-27-18-21-10-7-6-8-11-21/h6-8,10-11,13-14,22,26H,9,12,15-20H2,1-5H3/t22-,24+,25-/m0/s1. The van der Waals surface area contributed by atoms with Gasteiger partial charge in [-0.3, -0.25) is 0 Å². The van der Waals surface area contributed by atoms with Crippen molar-refractivity contribution < 1.29 is 23.7 Å². The molecule has 1 saturated heterocycles. The second-order valence-corrected chi connectivity index (χ2v) is 15.4. The van der Waals surface area contributed by atoms with Gasteiger partial charge in [-0.05, 0) is 36.5 Å². The number of ether oxygens (including phenoxy) is 3. The molecule has 0 unspecified atom stereocenters. The average Bonchev–Trinajstić information content (AvgIpc) is 3.00. The molecule has 0 aromatic heterocycles. The Kier molecular flexibility index (Phi) is 7.82. The largest absolute Gasteiger partial charge is 0.414 e. The molecule has 1 fully saturated rings. The summed E-state index contributed by atoms with van der Waals surface area (Å²) >= 11 is 0. The summed E-state index contributed by atoms with van der Waals surface area (Å²) in [6, 6.07) is 10.1. The van der Waals surface area contributed by atoms with Crippen molar-refractivity contribution in [2.24, 2.45) is 0 Å². The molecular weight excluding hydrogens is 408 g/mol. The fourth-order valence-corrected chi connectivity index (χ4v) is 5.14. The molecule has 3 atom stereocenters. The Hall–Kier alpha value is -1.02. The monoisotopic (exact) mass is 448 g/mol. The van der Waals surface area contributed by atoms with Crippen LogP contribution in [0.1, 0.15) is 52.0 Å². The van der Waals surface area contributed by atoms with Crippen molar-refractivity contribution in [3.05, 3.63) is 48.0 Å². The predicted molar refractivity (Wildman–Crippen MR) is 125 cm³/mol. The van der Waals surface area contributed by atoms with Crippen LogP contribution < -0.4 is 0 Å². The Labute approximate surface area is 188 Å². The van der Waals surface area contributed by atoms with E-state index in [1.165, 1.54) is 0 Å². The van der Waals surface area contributed by atoms with Crippen molar-refractivity contribution in [3.63, 3.8) is 0 Å². The molecule has 0 radical (unpaired) electrons. The molecule has 31 heavy (non-hydrogen) atoms. The smallest absolute Gasteiger partial charge is 0.192 e. The van der Waals surface area contributed by atoms with Crippen LogP contribution in [0.5, 0.6) is 0 Å². The highest BCUT2D eigenvalue weighted by Crippen LogP contribution is 2.48. The van der Waals surface area contributed by atoms with Crippen molar-refractivity contribution in [2.45, 2.75) is 88.5 Å². The number of hydrogen-bond acceptors (Lipinski definition) is 5. The molecule has 2 heterocycles. The molecule has 0 amide bonds. The summed E-state index contributed by atoms with van der Waals surface area (Å²) in [4.78, 5) is 0. The molecule has 5 nitrogen and oxygen atoms in total. The number of aliphatic hydroxyl groups is 1. The number of benzene rings is 1. The zero-order valence-electron chi connectivity index (χ0n) is 19.9. The molecule has 174 valence electrons. The summed E-state index contributed by atoms with van der Waals surface area (Å²) in [7, 11) is -1.89. The van der Waals surface area contributed by atoms with Gasteiger partial charge in [0.15, 0.2) is 8.32 Å². The molecule has 2 bridgehead atoms. The molecule has 0 saturated carbocycles. The van der Waals surface area contributed by atoms with Gasteiger partial charge in [-0.2, -0.15) is 0 Å². The van der Waals surface area contributed by atoms with Crippen LogP contribution in [0.15, 0.2) is 42.5 Å². The zero-order chi connectivity index (χ0) is 22.6. The Morgan fingerprint density at radius 1 is 1.10 bits per heavy atom. The van der Waals surface area contributed by atoms with Crippen LogP contribution in [0.2, 0.25) is 18.1 Å². The van der Waals surface area contributed by atoms with E-state index in [1.54, 1.807) is 0 Å². The van der Waals surface area contributed by atoms with Gasteiger partial charge in [0.1, 0.15) is 12.4 Å². The second-order valence-electron chi connectivity index (χ2n) is 10.6. The fourth-order valence-electron chi connectivity index (χ4n) is 4.11. The summed E-state index contributed by atoms with van der Waals surface area (Å²) < 4.78 is 25.1. The minimum absolute atomic E-state index is 0.0289. The van der Waals surface area contributed by atoms with Crippen molar-refractivity contribution >= 4 is 8.32 Å². The summed E-state index contributed by atoms with van der Waals surface area (Å²) in [6.07, 6.45) is 7.43. The molecule has 6 heteroatoms. The van der Waals surface area contributed by atoms with Gasteiger partial charge < -0.3 is 23.7 Å². The Balaban J connectivity index is 1.61. The first-order valence-corrected chi connectivity index (χ1v) is 14.4. The Morgan fingerprint density at radius 2 is 1.77 bits per heavy atom. The molecule has 0 spiro atoms. The van der Waals surface area contributed by atoms with Crippen LogP contribution in [0.25, 0.3) is 0 Å². The number of fused-ring (bicyclic) bond motifs is 2. The average molecular weight is 449 g/mol. The van der Waals surface area contributed by atoms with Crippen LogP contribution >= 0.6 is 0 Å². The SMILES string of the molecule is CC(C)(C)[Si](C)(C)OC[C@]12C=C[C@](CCCO)(C[C@H](OCOCc3ccccc3)C1)O2. The number of aliphatic hydroxyl groups excluding tert-OH is 1. The molecule has 1 N–H and O–H groups in total. The van der Waals surface area contributed by atoms with Gasteiger partial charge in [-0.1, -0.05) is 63.3 Å². The molecule has 3 rings (SSSR count). The van der Waals surface area contributed by atoms with E-state index in [1.807, 2.05) is 18.2 Å². The van der Waals surface area contributed by atoms with Crippen molar-refractivity contribution in [3.8, 4) is 0 Å². The number of rotatable bonds is 11. The van der Waals surface area contributed by atoms with E-state index in [2.05, 4.69) is 58.2 Å². The Morgan fingerprint density at radius 3 is 2.45 bits per heavy atom. The van der Waals surface area contributed by atoms with E-state index in [0.29, 0.717) is 19.6 Å². The van der Waals surface area contributed by atoms with Crippen LogP contribution in [0.3, 0.4) is 0 Å². The van der Waals surface area contributed by atoms with Crippen molar-refractivity contribution in [1.29, 1.82) is 0 Å². The fraction of sp³-hybridized carbons (Fsp3) is 0.680. The summed E-state index contributed by atoms with van der Waals surface area (Å²) in [5.41, 5.74) is 0.285. The highest BCUT2D eigenvalue weighted by Gasteiger charge is 2.53. The third kappa shape index (κ3) is 6.27. The van der Waals surface area contributed by atoms with E-state index in [-0.39, 0.29) is 30.1 Å². The third-order valence-corrected chi connectivity index (χ3v) is 11.5. The minimum Gasteiger partial charge on any atom is -0.414 e. The number of hydrogen-bond donors (Lipinski definition) is 1. The maximum absolute atomic E-state index is 9.38. The van der Waals surface area contributed by atoms with Crippen molar-refractivity contribution in [2.75, 3.05) is 20.0 Å². The van der Waals surface area contributed by atoms with E-state index in [0.717, 1.165) is 24.8 Å². The van der Waals surface area contributed by atoms with Gasteiger partial charge in [-0.15, -0.1) is 0 Å². The van der Waals surface area contributed by atoms with Gasteiger partial charge >= 0.3 is 0 Å². The first-order valence-electron chi connectivity index (χ1n) is 11.5. The topological polar surface area (TPSA) is 57.2 Å². The summed E-state index contributed by atoms with van der Waals surface area (Å²) in [5.74, 6) is 0. The van der Waals surface area contributed by atoms with E-state index < -0.39 is 13.9 Å². The zero-order valence-corrected chi connectivity index (χ0v) is 20.9. The van der Waals surface area contributed by atoms with Gasteiger partial charge in [-0.25, -0.2) is 0 Å². The first-order chi connectivity index (χ1) is 14.6. The van der Waals surface area contributed by atoms with Crippen LogP contribution in [0.4, 0.5) is 0 Å². The molecule has 2 aliphatic rings. The molecule has 1 aromatic rings. The van der Waals surface area contributed by atoms with Crippen molar-refractivity contribution in [1.82, 2.24) is 0 Å². The lowest BCUT2D eigenvalue weighted by atomic mass is 9.86. The molecule has 2 aliphatic heterocycles. The third-order valence-electron chi connectivity index (χ3n) is 6.98. The predicted octanol–water partition coefficient (Wildman–Crippen LogP) is 5.20. The maximum Gasteiger partial charge on any atom is 0.192 e. The van der Waals surface area contributed by atoms with Gasteiger partial charge in [0, 0.05) is 19.4 Å². The quantitative estimate of drug-likeness (QED) is 0.218. The molecule has 0 aliphatic carbocycles. The lowest BCUT2D eigenvalue weighted by Crippen LogP contribution is -2.53. The van der Waals surface area contributed by atoms with Gasteiger partial charge in [0.05, 0.1) is 24.9 Å². The Bertz CT molecular complexity index is 729. The van der Waals surface area contributed by atoms with E-state index >= 15 is 0 Å². The second kappa shape index (κ2) is 9.85. The minimum atomic E-state index is -1.89. The maximum atomic E-state index is 9.38. The summed E-state index contributed by atoms with van der Waals surface area (Å²) in [6.45, 7) is 12.8. The van der Waals surface area contributed by atoms with Crippen LogP contribution in [-0.2, 0) is 25.2 Å². The van der Waals surface area contributed by atoms with Crippen LogP contribution in [0, 0.1) is 0 Å². The summed E-state index contributed by atoms with van der Waals surface area (Å²) in [5, 5.41) is 9.53. The van der Waals surface area contributed by atoms with Gasteiger partial charge in [0.2, 0.25) is 0 Å². The first kappa shape index (κ1) is 24.6. The van der Waals surface area contributed by atoms with Gasteiger partial charge in [0.25, 0.3) is 0 Å². The van der Waals surface area contributed by atoms with E-state index in [4.69, 9.17) is 18.6 Å². The van der Waals surface area contributed by atoms with Crippen LogP contribution in [-0.4, -0.2) is 50.7 Å². The highest BCUT2D eigenvalue weighted by molar-refractivity contribution is 6.74. The normalized spacial score (nSPS) is 28.3. The highest BCUT2D eigenvalue weighted by atomic mass is 28.4. The lowest BCUT2D eigenvalue weighted by Gasteiger charge is -2.46. The lowest BCUT2D eigenvalue weighted by molar-refractivity contribution is -0.204. The van der Waals surface area contributed by atoms with E-state index in [9.17, 15) is 5.11 Å². The molecular formula is C25H40O5Si.